The quantitative estimate of drug-likeness (QED) is 0.884. The second-order valence-corrected chi connectivity index (χ2v) is 5.80. The Bertz CT molecular complexity index is 592. The van der Waals surface area contributed by atoms with Gasteiger partial charge in [0.05, 0.1) is 0 Å². The fourth-order valence-electron chi connectivity index (χ4n) is 2.30. The highest BCUT2D eigenvalue weighted by molar-refractivity contribution is 7.10. The van der Waals surface area contributed by atoms with Gasteiger partial charge in [0.1, 0.15) is 0 Å². The standard InChI is InChI=1S/C16H20N2OS/c1-11-8-9-20-16(11)15(17-3)10-13-6-4-5-7-14(13)18-12(2)19/h4-9,15,17H,10H2,1-3H3,(H,18,19). The number of thiophene rings is 1. The molecule has 1 aromatic heterocycles. The molecule has 1 heterocycles. The van der Waals surface area contributed by atoms with Gasteiger partial charge in [-0.15, -0.1) is 11.3 Å². The summed E-state index contributed by atoms with van der Waals surface area (Å²) in [4.78, 5) is 12.6. The third-order valence-corrected chi connectivity index (χ3v) is 4.45. The van der Waals surface area contributed by atoms with Crippen LogP contribution in [-0.4, -0.2) is 13.0 Å². The maximum absolute atomic E-state index is 11.3. The molecule has 2 aromatic rings. The van der Waals surface area contributed by atoms with Crippen molar-refractivity contribution in [3.05, 3.63) is 51.7 Å². The number of para-hydroxylation sites is 1. The minimum absolute atomic E-state index is 0.0363. The number of benzene rings is 1. The maximum atomic E-state index is 11.3. The molecule has 0 saturated carbocycles. The maximum Gasteiger partial charge on any atom is 0.221 e. The van der Waals surface area contributed by atoms with E-state index in [0.29, 0.717) is 0 Å². The molecule has 106 valence electrons. The topological polar surface area (TPSA) is 41.1 Å². The molecule has 0 fully saturated rings. The number of anilines is 1. The second-order valence-electron chi connectivity index (χ2n) is 4.85. The molecule has 0 aliphatic carbocycles. The molecule has 3 nitrogen and oxygen atoms in total. The van der Waals surface area contributed by atoms with Crippen LogP contribution in [0.1, 0.15) is 29.0 Å². The van der Waals surface area contributed by atoms with Crippen molar-refractivity contribution in [2.24, 2.45) is 0 Å². The summed E-state index contributed by atoms with van der Waals surface area (Å²) < 4.78 is 0. The molecule has 4 heteroatoms. The Hall–Kier alpha value is -1.65. The Morgan fingerprint density at radius 2 is 2.05 bits per heavy atom. The van der Waals surface area contributed by atoms with Gasteiger partial charge < -0.3 is 10.6 Å². The average molecular weight is 288 g/mol. The van der Waals surface area contributed by atoms with E-state index >= 15 is 0 Å². The summed E-state index contributed by atoms with van der Waals surface area (Å²) in [6, 6.07) is 10.4. The van der Waals surface area contributed by atoms with E-state index in [0.717, 1.165) is 17.7 Å². The number of nitrogens with one attached hydrogen (secondary N) is 2. The fraction of sp³-hybridized carbons (Fsp3) is 0.312. The minimum atomic E-state index is -0.0363. The zero-order valence-electron chi connectivity index (χ0n) is 12.1. The highest BCUT2D eigenvalue weighted by Gasteiger charge is 2.15. The van der Waals surface area contributed by atoms with Crippen LogP contribution in [0.3, 0.4) is 0 Å². The molecular weight excluding hydrogens is 268 g/mol. The summed E-state index contributed by atoms with van der Waals surface area (Å²) in [6.07, 6.45) is 0.855. The number of likely N-dealkylation sites (N-methyl/N-ethyl adjacent to an activating group) is 1. The van der Waals surface area contributed by atoms with Crippen molar-refractivity contribution in [1.29, 1.82) is 0 Å². The number of rotatable bonds is 5. The van der Waals surface area contributed by atoms with E-state index in [9.17, 15) is 4.79 Å². The molecule has 1 unspecified atom stereocenters. The van der Waals surface area contributed by atoms with Gasteiger partial charge in [-0.2, -0.15) is 0 Å². The Balaban J connectivity index is 2.24. The third kappa shape index (κ3) is 3.46. The zero-order valence-corrected chi connectivity index (χ0v) is 12.9. The normalized spacial score (nSPS) is 12.2. The molecule has 0 saturated heterocycles. The predicted octanol–water partition coefficient (Wildman–Crippen LogP) is 3.52. The van der Waals surface area contributed by atoms with E-state index in [1.165, 1.54) is 17.4 Å². The molecule has 0 radical (unpaired) electrons. The molecule has 1 atom stereocenters. The first-order valence-electron chi connectivity index (χ1n) is 6.68. The predicted molar refractivity (Wildman–Crippen MR) is 85.3 cm³/mol. The third-order valence-electron chi connectivity index (χ3n) is 3.32. The van der Waals surface area contributed by atoms with E-state index in [2.05, 4.69) is 35.1 Å². The summed E-state index contributed by atoms with van der Waals surface area (Å²) in [5.41, 5.74) is 3.36. The lowest BCUT2D eigenvalue weighted by Crippen LogP contribution is -2.19. The first-order valence-corrected chi connectivity index (χ1v) is 7.56. The highest BCUT2D eigenvalue weighted by Crippen LogP contribution is 2.28. The van der Waals surface area contributed by atoms with Crippen molar-refractivity contribution in [1.82, 2.24) is 5.32 Å². The van der Waals surface area contributed by atoms with Gasteiger partial charge >= 0.3 is 0 Å². The van der Waals surface area contributed by atoms with Crippen LogP contribution >= 0.6 is 11.3 Å². The van der Waals surface area contributed by atoms with Crippen molar-refractivity contribution < 1.29 is 4.79 Å². The lowest BCUT2D eigenvalue weighted by Gasteiger charge is -2.18. The van der Waals surface area contributed by atoms with Crippen molar-refractivity contribution in [3.8, 4) is 0 Å². The number of carbonyl (C=O) groups excluding carboxylic acids is 1. The van der Waals surface area contributed by atoms with E-state index in [4.69, 9.17) is 0 Å². The van der Waals surface area contributed by atoms with E-state index in [-0.39, 0.29) is 11.9 Å². The first-order chi connectivity index (χ1) is 9.61. The van der Waals surface area contributed by atoms with Gasteiger partial charge in [0.25, 0.3) is 0 Å². The number of carbonyl (C=O) groups is 1. The molecular formula is C16H20N2OS. The van der Waals surface area contributed by atoms with Gasteiger partial charge in [0.15, 0.2) is 0 Å². The number of hydrogen-bond donors (Lipinski definition) is 2. The highest BCUT2D eigenvalue weighted by atomic mass is 32.1. The number of aryl methyl sites for hydroxylation is 1. The Morgan fingerprint density at radius 3 is 2.65 bits per heavy atom. The number of hydrogen-bond acceptors (Lipinski definition) is 3. The zero-order chi connectivity index (χ0) is 14.5. The molecule has 1 aromatic carbocycles. The molecule has 2 rings (SSSR count). The molecule has 1 amide bonds. The second kappa shape index (κ2) is 6.68. The molecule has 0 aliphatic heterocycles. The van der Waals surface area contributed by atoms with Crippen LogP contribution in [0, 0.1) is 6.92 Å². The van der Waals surface area contributed by atoms with Crippen LogP contribution < -0.4 is 10.6 Å². The van der Waals surface area contributed by atoms with Crippen LogP contribution in [0.15, 0.2) is 35.7 Å². The molecule has 0 bridgehead atoms. The minimum Gasteiger partial charge on any atom is -0.326 e. The van der Waals surface area contributed by atoms with Crippen molar-refractivity contribution in [3.63, 3.8) is 0 Å². The average Bonchev–Trinajstić information content (AvgIpc) is 2.83. The van der Waals surface area contributed by atoms with Crippen molar-refractivity contribution >= 4 is 22.9 Å². The van der Waals surface area contributed by atoms with E-state index in [1.807, 2.05) is 25.2 Å². The number of amides is 1. The lowest BCUT2D eigenvalue weighted by molar-refractivity contribution is -0.114. The van der Waals surface area contributed by atoms with Crippen LogP contribution in [0.5, 0.6) is 0 Å². The molecule has 0 aliphatic rings. The van der Waals surface area contributed by atoms with Gasteiger partial charge in [-0.25, -0.2) is 0 Å². The first kappa shape index (κ1) is 14.8. The lowest BCUT2D eigenvalue weighted by atomic mass is 10.0. The van der Waals surface area contributed by atoms with Crippen molar-refractivity contribution in [2.45, 2.75) is 26.3 Å². The summed E-state index contributed by atoms with van der Waals surface area (Å²) in [5, 5.41) is 8.39. The fourth-order valence-corrected chi connectivity index (χ4v) is 3.34. The summed E-state index contributed by atoms with van der Waals surface area (Å²) in [5.74, 6) is -0.0363. The van der Waals surface area contributed by atoms with Gasteiger partial charge in [-0.1, -0.05) is 18.2 Å². The van der Waals surface area contributed by atoms with Gasteiger partial charge in [-0.3, -0.25) is 4.79 Å². The van der Waals surface area contributed by atoms with Crippen LogP contribution in [0.4, 0.5) is 5.69 Å². The largest absolute Gasteiger partial charge is 0.326 e. The van der Waals surface area contributed by atoms with Gasteiger partial charge in [0.2, 0.25) is 5.91 Å². The molecule has 0 spiro atoms. The Kier molecular flexibility index (Phi) is 4.93. The van der Waals surface area contributed by atoms with E-state index in [1.54, 1.807) is 11.3 Å². The van der Waals surface area contributed by atoms with Gasteiger partial charge in [0, 0.05) is 23.5 Å². The van der Waals surface area contributed by atoms with Crippen LogP contribution in [-0.2, 0) is 11.2 Å². The SMILES string of the molecule is CNC(Cc1ccccc1NC(C)=O)c1sccc1C. The van der Waals surface area contributed by atoms with E-state index < -0.39 is 0 Å². The van der Waals surface area contributed by atoms with Crippen molar-refractivity contribution in [2.75, 3.05) is 12.4 Å². The summed E-state index contributed by atoms with van der Waals surface area (Å²) in [6.45, 7) is 3.67. The monoisotopic (exact) mass is 288 g/mol. The van der Waals surface area contributed by atoms with Crippen LogP contribution in [0.2, 0.25) is 0 Å². The summed E-state index contributed by atoms with van der Waals surface area (Å²) >= 11 is 1.77. The van der Waals surface area contributed by atoms with Crippen LogP contribution in [0.25, 0.3) is 0 Å². The molecule has 20 heavy (non-hydrogen) atoms. The molecule has 2 N–H and O–H groups in total. The summed E-state index contributed by atoms with van der Waals surface area (Å²) in [7, 11) is 1.98. The Labute approximate surface area is 124 Å². The Morgan fingerprint density at radius 1 is 1.30 bits per heavy atom. The smallest absolute Gasteiger partial charge is 0.221 e. The van der Waals surface area contributed by atoms with Gasteiger partial charge in [-0.05, 0) is 49.0 Å².